The number of fused-ring (bicyclic) bond motifs is 1. The van der Waals surface area contributed by atoms with Gasteiger partial charge in [0.15, 0.2) is 15.6 Å². The van der Waals surface area contributed by atoms with E-state index in [9.17, 15) is 23.3 Å². The molecule has 6 nitrogen and oxygen atoms in total. The molecule has 3 rings (SSSR count). The minimum atomic E-state index is -3.63. The summed E-state index contributed by atoms with van der Waals surface area (Å²) in [7, 11) is -3.63. The van der Waals surface area contributed by atoms with Crippen LogP contribution < -0.4 is 0 Å². The number of benzene rings is 2. The number of nitrogens with zero attached hydrogens (tertiary/aromatic N) is 1. The van der Waals surface area contributed by atoms with Gasteiger partial charge in [0.2, 0.25) is 0 Å². The average molecular weight is 364 g/mol. The van der Waals surface area contributed by atoms with Crippen molar-refractivity contribution in [3.05, 3.63) is 74.3 Å². The number of halogens is 1. The maximum atomic E-state index is 12.5. The zero-order chi connectivity index (χ0) is 17.5. The fourth-order valence-corrected chi connectivity index (χ4v) is 4.26. The molecule has 1 heterocycles. The minimum Gasteiger partial charge on any atom is -0.289 e. The van der Waals surface area contributed by atoms with Crippen molar-refractivity contribution in [3.63, 3.8) is 0 Å². The van der Waals surface area contributed by atoms with Gasteiger partial charge in [-0.05, 0) is 29.8 Å². The van der Waals surface area contributed by atoms with E-state index in [4.69, 9.17) is 11.6 Å². The lowest BCUT2D eigenvalue weighted by Gasteiger charge is -2.17. The Balaban J connectivity index is 2.11. The Hall–Kier alpha value is -2.51. The highest BCUT2D eigenvalue weighted by atomic mass is 35.5. The summed E-state index contributed by atoms with van der Waals surface area (Å²) >= 11 is 5.75. The highest BCUT2D eigenvalue weighted by Gasteiger charge is 2.32. The SMILES string of the molecule is O=C1C(=Cc2ccc(Cl)c([N+](=O)[O-])c2)CS(=O)(=O)c2ccccc21. The van der Waals surface area contributed by atoms with Crippen LogP contribution in [0.2, 0.25) is 5.02 Å². The Bertz CT molecular complexity index is 1010. The molecule has 0 aliphatic carbocycles. The highest BCUT2D eigenvalue weighted by Crippen LogP contribution is 2.30. The number of carbonyl (C=O) groups excluding carboxylic acids is 1. The molecule has 1 aliphatic heterocycles. The largest absolute Gasteiger partial charge is 0.289 e. The predicted octanol–water partition coefficient (Wildman–Crippen LogP) is 3.30. The van der Waals surface area contributed by atoms with Crippen molar-refractivity contribution in [1.29, 1.82) is 0 Å². The molecular formula is C16H10ClNO5S. The molecule has 122 valence electrons. The van der Waals surface area contributed by atoms with Gasteiger partial charge in [-0.3, -0.25) is 14.9 Å². The quantitative estimate of drug-likeness (QED) is 0.463. The second-order valence-corrected chi connectivity index (χ2v) is 7.59. The third-order valence-electron chi connectivity index (χ3n) is 3.61. The van der Waals surface area contributed by atoms with Crippen molar-refractivity contribution in [1.82, 2.24) is 0 Å². The molecule has 1 aliphatic rings. The molecule has 24 heavy (non-hydrogen) atoms. The summed E-state index contributed by atoms with van der Waals surface area (Å²) < 4.78 is 24.7. The maximum Gasteiger partial charge on any atom is 0.288 e. The van der Waals surface area contributed by atoms with E-state index in [-0.39, 0.29) is 26.7 Å². The first-order chi connectivity index (χ1) is 11.3. The van der Waals surface area contributed by atoms with Gasteiger partial charge in [0.25, 0.3) is 5.69 Å². The van der Waals surface area contributed by atoms with Gasteiger partial charge in [-0.25, -0.2) is 8.42 Å². The lowest BCUT2D eigenvalue weighted by atomic mass is 10.0. The van der Waals surface area contributed by atoms with E-state index in [0.29, 0.717) is 5.56 Å². The fraction of sp³-hybridized carbons (Fsp3) is 0.0625. The van der Waals surface area contributed by atoms with Gasteiger partial charge < -0.3 is 0 Å². The number of Topliss-reactive ketones (excluding diaryl/α,β-unsaturated/α-hetero) is 1. The predicted molar refractivity (Wildman–Crippen MR) is 88.9 cm³/mol. The van der Waals surface area contributed by atoms with Gasteiger partial charge in [-0.15, -0.1) is 0 Å². The van der Waals surface area contributed by atoms with Crippen LogP contribution in [-0.4, -0.2) is 24.9 Å². The molecule has 8 heteroatoms. The van der Waals surface area contributed by atoms with Crippen LogP contribution >= 0.6 is 11.6 Å². The van der Waals surface area contributed by atoms with Crippen LogP contribution in [0.3, 0.4) is 0 Å². The van der Waals surface area contributed by atoms with E-state index in [0.717, 1.165) is 0 Å². The van der Waals surface area contributed by atoms with Gasteiger partial charge in [0, 0.05) is 17.2 Å². The van der Waals surface area contributed by atoms with E-state index in [1.54, 1.807) is 12.1 Å². The molecule has 0 fully saturated rings. The number of nitro benzene ring substituents is 1. The molecule has 0 saturated carbocycles. The van der Waals surface area contributed by atoms with Gasteiger partial charge in [-0.2, -0.15) is 0 Å². The Morgan fingerprint density at radius 1 is 1.17 bits per heavy atom. The molecule has 0 unspecified atom stereocenters. The molecule has 0 atom stereocenters. The van der Waals surface area contributed by atoms with Gasteiger partial charge in [-0.1, -0.05) is 29.8 Å². The molecule has 0 amide bonds. The van der Waals surface area contributed by atoms with E-state index in [1.165, 1.54) is 36.4 Å². The number of ketones is 1. The molecular weight excluding hydrogens is 354 g/mol. The van der Waals surface area contributed by atoms with Crippen molar-refractivity contribution in [2.24, 2.45) is 0 Å². The van der Waals surface area contributed by atoms with Crippen LogP contribution in [0.25, 0.3) is 6.08 Å². The van der Waals surface area contributed by atoms with Crippen molar-refractivity contribution in [2.45, 2.75) is 4.90 Å². The number of rotatable bonds is 2. The third-order valence-corrected chi connectivity index (χ3v) is 5.65. The molecule has 2 aromatic carbocycles. The van der Waals surface area contributed by atoms with E-state index in [2.05, 4.69) is 0 Å². The van der Waals surface area contributed by atoms with Crippen molar-refractivity contribution >= 4 is 39.0 Å². The van der Waals surface area contributed by atoms with Crippen LogP contribution in [0.15, 0.2) is 52.9 Å². The normalized spacial score (nSPS) is 17.5. The smallest absolute Gasteiger partial charge is 0.288 e. The van der Waals surface area contributed by atoms with Crippen LogP contribution in [0.5, 0.6) is 0 Å². The zero-order valence-electron chi connectivity index (χ0n) is 12.1. The molecule has 0 N–H and O–H groups in total. The minimum absolute atomic E-state index is 0.00855. The van der Waals surface area contributed by atoms with E-state index >= 15 is 0 Å². The highest BCUT2D eigenvalue weighted by molar-refractivity contribution is 7.91. The maximum absolute atomic E-state index is 12.5. The molecule has 0 radical (unpaired) electrons. The summed E-state index contributed by atoms with van der Waals surface area (Å²) in [6.07, 6.45) is 1.35. The summed E-state index contributed by atoms with van der Waals surface area (Å²) in [6, 6.07) is 10.0. The number of hydrogen-bond acceptors (Lipinski definition) is 5. The molecule has 0 spiro atoms. The van der Waals surface area contributed by atoms with Crippen molar-refractivity contribution in [2.75, 3.05) is 5.75 Å². The lowest BCUT2D eigenvalue weighted by molar-refractivity contribution is -0.384. The molecule has 0 saturated heterocycles. The van der Waals surface area contributed by atoms with E-state index < -0.39 is 26.3 Å². The Kier molecular flexibility index (Phi) is 3.98. The fourth-order valence-electron chi connectivity index (χ4n) is 2.51. The van der Waals surface area contributed by atoms with Gasteiger partial charge in [0.05, 0.1) is 15.6 Å². The first kappa shape index (κ1) is 16.4. The number of sulfone groups is 1. The number of carbonyl (C=O) groups is 1. The van der Waals surface area contributed by atoms with Crippen LogP contribution in [0, 0.1) is 10.1 Å². The number of hydrogen-bond donors (Lipinski definition) is 0. The topological polar surface area (TPSA) is 94.3 Å². The molecule has 0 bridgehead atoms. The summed E-state index contributed by atoms with van der Waals surface area (Å²) in [6.45, 7) is 0. The van der Waals surface area contributed by atoms with Gasteiger partial charge >= 0.3 is 0 Å². The van der Waals surface area contributed by atoms with E-state index in [1.807, 2.05) is 0 Å². The van der Waals surface area contributed by atoms with Crippen LogP contribution in [0.1, 0.15) is 15.9 Å². The molecule has 0 aromatic heterocycles. The first-order valence-electron chi connectivity index (χ1n) is 6.80. The molecule has 2 aromatic rings. The third kappa shape index (κ3) is 2.83. The van der Waals surface area contributed by atoms with Crippen molar-refractivity contribution in [3.8, 4) is 0 Å². The second-order valence-electron chi connectivity index (χ2n) is 5.22. The Labute approximate surface area is 142 Å². The van der Waals surface area contributed by atoms with Crippen molar-refractivity contribution < 1.29 is 18.1 Å². The van der Waals surface area contributed by atoms with Crippen LogP contribution in [0.4, 0.5) is 5.69 Å². The Morgan fingerprint density at radius 3 is 2.58 bits per heavy atom. The number of nitro groups is 1. The Morgan fingerprint density at radius 2 is 1.88 bits per heavy atom. The zero-order valence-corrected chi connectivity index (χ0v) is 13.7. The monoisotopic (exact) mass is 363 g/mol. The lowest BCUT2D eigenvalue weighted by Crippen LogP contribution is -2.24. The summed E-state index contributed by atoms with van der Waals surface area (Å²) in [5.41, 5.74) is 0.199. The van der Waals surface area contributed by atoms with Crippen LogP contribution in [-0.2, 0) is 9.84 Å². The summed E-state index contributed by atoms with van der Waals surface area (Å²) in [5.74, 6) is -0.850. The summed E-state index contributed by atoms with van der Waals surface area (Å²) in [5, 5.41) is 10.9. The van der Waals surface area contributed by atoms with Gasteiger partial charge in [0.1, 0.15) is 5.02 Å². The second kappa shape index (κ2) is 5.85. The first-order valence-corrected chi connectivity index (χ1v) is 8.83. The average Bonchev–Trinajstić information content (AvgIpc) is 2.54. The summed E-state index contributed by atoms with van der Waals surface area (Å²) in [4.78, 5) is 22.8. The standard InChI is InChI=1S/C16H10ClNO5S/c17-13-6-5-10(8-14(13)18(20)21)7-11-9-24(22,23)15-4-2-1-3-12(15)16(11)19/h1-8H,9H2.